The fraction of sp³-hybridized carbons (Fsp3) is 0.357. The van der Waals surface area contributed by atoms with E-state index in [-0.39, 0.29) is 17.2 Å². The van der Waals surface area contributed by atoms with Gasteiger partial charge >= 0.3 is 6.03 Å². The molecule has 1 aliphatic rings. The lowest BCUT2D eigenvalue weighted by atomic mass is 9.93. The molecule has 5 N–H and O–H groups in total. The second-order valence-electron chi connectivity index (χ2n) is 10.9. The number of hydrogen-bond acceptors (Lipinski definition) is 6. The minimum absolute atomic E-state index is 0.0701. The summed E-state index contributed by atoms with van der Waals surface area (Å²) < 4.78 is 5.30. The van der Waals surface area contributed by atoms with Crippen LogP contribution >= 0.6 is 0 Å². The molecule has 3 heterocycles. The molecule has 0 saturated carbocycles. The summed E-state index contributed by atoms with van der Waals surface area (Å²) in [6.45, 7) is 10.4. The van der Waals surface area contributed by atoms with Crippen molar-refractivity contribution < 1.29 is 18.9 Å². The van der Waals surface area contributed by atoms with Crippen LogP contribution < -0.4 is 21.3 Å². The second kappa shape index (κ2) is 10.8. The molecule has 1 aliphatic heterocycles. The third-order valence-corrected chi connectivity index (χ3v) is 6.37. The number of benzene rings is 1. The van der Waals surface area contributed by atoms with Gasteiger partial charge in [0.2, 0.25) is 5.91 Å². The number of aromatic nitrogens is 2. The van der Waals surface area contributed by atoms with Crippen LogP contribution in [0.5, 0.6) is 0 Å². The molecule has 0 aliphatic carbocycles. The Morgan fingerprint density at radius 1 is 1.10 bits per heavy atom. The van der Waals surface area contributed by atoms with Gasteiger partial charge in [-0.15, -0.1) is 0 Å². The molecule has 0 unspecified atom stereocenters. The molecule has 206 valence electrons. The van der Waals surface area contributed by atoms with Gasteiger partial charge in [0.05, 0.1) is 16.9 Å². The normalized spacial score (nSPS) is 13.9. The summed E-state index contributed by atoms with van der Waals surface area (Å²) in [7, 11) is 3.84. The fourth-order valence-corrected chi connectivity index (χ4v) is 4.16. The van der Waals surface area contributed by atoms with Gasteiger partial charge in [0.15, 0.2) is 5.82 Å². The molecule has 0 spiro atoms. The Morgan fingerprint density at radius 3 is 2.51 bits per heavy atom. The smallest absolute Gasteiger partial charge is 0.324 e. The summed E-state index contributed by atoms with van der Waals surface area (Å²) in [6, 6.07) is 6.39. The highest BCUT2D eigenvalue weighted by Gasteiger charge is 2.26. The average molecular weight is 534 g/mol. The van der Waals surface area contributed by atoms with Gasteiger partial charge in [0.1, 0.15) is 5.76 Å². The van der Waals surface area contributed by atoms with Crippen molar-refractivity contribution >= 4 is 52.4 Å². The quantitative estimate of drug-likeness (QED) is 0.272. The minimum atomic E-state index is -0.485. The van der Waals surface area contributed by atoms with Gasteiger partial charge in [-0.1, -0.05) is 32.0 Å². The lowest BCUT2D eigenvalue weighted by molar-refractivity contribution is -0.116. The Bertz CT molecular complexity index is 1460. The number of hydrogen-bond donors (Lipinski definition) is 5. The lowest BCUT2D eigenvalue weighted by Gasteiger charge is -2.12. The Kier molecular flexibility index (Phi) is 7.64. The zero-order chi connectivity index (χ0) is 28.5. The van der Waals surface area contributed by atoms with E-state index >= 15 is 0 Å². The topological polar surface area (TPSA) is 144 Å². The zero-order valence-corrected chi connectivity index (χ0v) is 23.3. The van der Waals surface area contributed by atoms with Crippen LogP contribution in [-0.2, 0) is 15.0 Å². The highest BCUT2D eigenvalue weighted by molar-refractivity contribution is 6.35. The third-order valence-electron chi connectivity index (χ3n) is 6.37. The van der Waals surface area contributed by atoms with E-state index in [2.05, 4.69) is 31.4 Å². The standard InChI is InChI=1S/C28H35N7O4/c1-15-20(29-16(2)25(15)33-24(36)10-11-35(6)7)13-19-18-9-8-17(12-21(18)31-26(19)37)30-27(38)32-23-14-22(39-34-23)28(3,4)5/h8-9,12-14,29H,10-11H2,1-7H3,(H,31,37)(H,33,36)(H2,30,32,34,38)/b19-13-. The van der Waals surface area contributed by atoms with E-state index in [9.17, 15) is 14.4 Å². The van der Waals surface area contributed by atoms with E-state index in [1.54, 1.807) is 30.3 Å². The molecule has 2 aromatic heterocycles. The first-order valence-corrected chi connectivity index (χ1v) is 12.7. The molecule has 1 aromatic carbocycles. The van der Waals surface area contributed by atoms with Gasteiger partial charge in [-0.2, -0.15) is 0 Å². The van der Waals surface area contributed by atoms with Crippen molar-refractivity contribution in [3.63, 3.8) is 0 Å². The van der Waals surface area contributed by atoms with E-state index in [1.807, 2.05) is 53.6 Å². The summed E-state index contributed by atoms with van der Waals surface area (Å²) in [6.07, 6.45) is 2.16. The number of aromatic amines is 1. The van der Waals surface area contributed by atoms with Gasteiger partial charge in [0, 0.05) is 47.1 Å². The number of fused-ring (bicyclic) bond motifs is 1. The molecule has 4 rings (SSSR count). The number of aryl methyl sites for hydroxylation is 1. The lowest BCUT2D eigenvalue weighted by Crippen LogP contribution is -2.21. The number of anilines is 4. The van der Waals surface area contributed by atoms with Crippen LogP contribution in [0.4, 0.5) is 27.7 Å². The molecule has 3 aromatic rings. The van der Waals surface area contributed by atoms with Gasteiger partial charge in [-0.25, -0.2) is 4.79 Å². The van der Waals surface area contributed by atoms with E-state index in [0.717, 1.165) is 22.6 Å². The molecule has 39 heavy (non-hydrogen) atoms. The summed E-state index contributed by atoms with van der Waals surface area (Å²) in [5.74, 6) is 0.636. The van der Waals surface area contributed by atoms with E-state index < -0.39 is 6.03 Å². The monoisotopic (exact) mass is 533 g/mol. The van der Waals surface area contributed by atoms with E-state index in [4.69, 9.17) is 4.52 Å². The molecule has 0 bridgehead atoms. The first kappa shape index (κ1) is 27.6. The van der Waals surface area contributed by atoms with Crippen LogP contribution in [0.25, 0.3) is 11.6 Å². The Morgan fingerprint density at radius 2 is 1.85 bits per heavy atom. The molecule has 0 saturated heterocycles. The van der Waals surface area contributed by atoms with Gasteiger partial charge in [-0.05, 0) is 51.7 Å². The molecular weight excluding hydrogens is 498 g/mol. The maximum Gasteiger partial charge on any atom is 0.324 e. The summed E-state index contributed by atoms with van der Waals surface area (Å²) in [5, 5.41) is 15.1. The molecular formula is C28H35N7O4. The summed E-state index contributed by atoms with van der Waals surface area (Å²) >= 11 is 0. The second-order valence-corrected chi connectivity index (χ2v) is 10.9. The predicted octanol–water partition coefficient (Wildman–Crippen LogP) is 4.94. The maximum atomic E-state index is 12.8. The van der Waals surface area contributed by atoms with Crippen molar-refractivity contribution in [2.75, 3.05) is 41.9 Å². The van der Waals surface area contributed by atoms with Crippen LogP contribution in [0, 0.1) is 13.8 Å². The van der Waals surface area contributed by atoms with Crippen molar-refractivity contribution in [2.24, 2.45) is 0 Å². The zero-order valence-electron chi connectivity index (χ0n) is 23.3. The van der Waals surface area contributed by atoms with Crippen molar-refractivity contribution in [1.29, 1.82) is 0 Å². The third kappa shape index (κ3) is 6.37. The average Bonchev–Trinajstić information content (AvgIpc) is 3.50. The predicted molar refractivity (Wildman–Crippen MR) is 153 cm³/mol. The van der Waals surface area contributed by atoms with Crippen LogP contribution in [0.2, 0.25) is 0 Å². The van der Waals surface area contributed by atoms with Crippen molar-refractivity contribution in [1.82, 2.24) is 15.0 Å². The Labute approximate surface area is 227 Å². The minimum Gasteiger partial charge on any atom is -0.359 e. The van der Waals surface area contributed by atoms with Gasteiger partial charge in [-0.3, -0.25) is 14.9 Å². The molecule has 4 amide bonds. The van der Waals surface area contributed by atoms with Gasteiger partial charge in [0.25, 0.3) is 5.91 Å². The van der Waals surface area contributed by atoms with Crippen molar-refractivity contribution in [3.8, 4) is 0 Å². The van der Waals surface area contributed by atoms with Crippen LogP contribution in [0.1, 0.15) is 55.5 Å². The summed E-state index contributed by atoms with van der Waals surface area (Å²) in [5.41, 5.74) is 5.15. The number of H-pyrrole nitrogens is 1. The first-order chi connectivity index (χ1) is 18.3. The SMILES string of the molecule is Cc1[nH]c(/C=C2\C(=O)Nc3cc(NC(=O)Nc4cc(C(C)(C)C)on4)ccc32)c(C)c1NC(=O)CCN(C)C. The highest BCUT2D eigenvalue weighted by atomic mass is 16.5. The first-order valence-electron chi connectivity index (χ1n) is 12.7. The molecule has 0 radical (unpaired) electrons. The van der Waals surface area contributed by atoms with Crippen LogP contribution in [0.15, 0.2) is 28.8 Å². The van der Waals surface area contributed by atoms with Crippen molar-refractivity contribution in [2.45, 2.75) is 46.5 Å². The van der Waals surface area contributed by atoms with Crippen LogP contribution in [0.3, 0.4) is 0 Å². The number of carbonyl (C=O) groups is 3. The Balaban J connectivity index is 1.48. The summed E-state index contributed by atoms with van der Waals surface area (Å²) in [4.78, 5) is 42.9. The Hall–Kier alpha value is -4.38. The fourth-order valence-electron chi connectivity index (χ4n) is 4.16. The number of rotatable bonds is 7. The van der Waals surface area contributed by atoms with Gasteiger partial charge < -0.3 is 30.4 Å². The molecule has 11 heteroatoms. The van der Waals surface area contributed by atoms with E-state index in [0.29, 0.717) is 47.1 Å². The van der Waals surface area contributed by atoms with Crippen LogP contribution in [-0.4, -0.2) is 53.5 Å². The molecule has 0 fully saturated rings. The number of amides is 4. The number of urea groups is 1. The number of carbonyl (C=O) groups excluding carboxylic acids is 3. The molecule has 0 atom stereocenters. The van der Waals surface area contributed by atoms with Crippen molar-refractivity contribution in [3.05, 3.63) is 52.5 Å². The van der Waals surface area contributed by atoms with E-state index in [1.165, 1.54) is 0 Å². The number of nitrogens with zero attached hydrogens (tertiary/aromatic N) is 2. The molecule has 11 nitrogen and oxygen atoms in total. The maximum absolute atomic E-state index is 12.8. The largest absolute Gasteiger partial charge is 0.359 e. The highest BCUT2D eigenvalue weighted by Crippen LogP contribution is 2.36. The number of nitrogens with one attached hydrogen (secondary N) is 5.